The molecule has 3 amide bonds. The number of ether oxygens (including phenoxy) is 1. The van der Waals surface area contributed by atoms with Crippen LogP contribution in [-0.4, -0.2) is 41.9 Å². The van der Waals surface area contributed by atoms with Crippen LogP contribution in [0.3, 0.4) is 0 Å². The van der Waals surface area contributed by atoms with Crippen molar-refractivity contribution in [3.05, 3.63) is 107 Å². The van der Waals surface area contributed by atoms with Crippen LogP contribution in [0.1, 0.15) is 46.3 Å². The number of nitrogens with zero attached hydrogens (tertiary/aromatic N) is 1. The third-order valence-corrected chi connectivity index (χ3v) is 6.39. The number of carbonyl (C=O) groups excluding carboxylic acids is 3. The van der Waals surface area contributed by atoms with Gasteiger partial charge in [0.1, 0.15) is 12.6 Å². The Morgan fingerprint density at radius 2 is 1.43 bits per heavy atom. The van der Waals surface area contributed by atoms with Crippen LogP contribution >= 0.6 is 0 Å². The summed E-state index contributed by atoms with van der Waals surface area (Å²) in [7, 11) is 0. The number of hydrogen-bond donors (Lipinski definition) is 2. The fraction of sp³-hybridized carbons (Fsp3) is 0.300. The van der Waals surface area contributed by atoms with Gasteiger partial charge in [0.15, 0.2) is 0 Å². The first kappa shape index (κ1) is 25.9. The van der Waals surface area contributed by atoms with Crippen molar-refractivity contribution in [1.82, 2.24) is 15.5 Å². The van der Waals surface area contributed by atoms with Crippen LogP contribution in [0.25, 0.3) is 0 Å². The van der Waals surface area contributed by atoms with E-state index in [9.17, 15) is 14.4 Å². The van der Waals surface area contributed by atoms with Gasteiger partial charge in [-0.15, -0.1) is 0 Å². The number of carbonyl (C=O) groups is 3. The van der Waals surface area contributed by atoms with Crippen molar-refractivity contribution >= 4 is 17.9 Å². The smallest absolute Gasteiger partial charge is 0.408 e. The van der Waals surface area contributed by atoms with Gasteiger partial charge in [-0.1, -0.05) is 72.8 Å². The normalized spacial score (nSPS) is 13.9. The summed E-state index contributed by atoms with van der Waals surface area (Å²) in [6.45, 7) is 1.93. The van der Waals surface area contributed by atoms with E-state index in [4.69, 9.17) is 4.74 Å². The molecule has 192 valence electrons. The average molecular weight is 500 g/mol. The van der Waals surface area contributed by atoms with Crippen molar-refractivity contribution < 1.29 is 19.1 Å². The third kappa shape index (κ3) is 7.93. The fourth-order valence-electron chi connectivity index (χ4n) is 4.37. The molecule has 7 nitrogen and oxygen atoms in total. The number of amides is 3. The Morgan fingerprint density at radius 1 is 0.784 bits per heavy atom. The lowest BCUT2D eigenvalue weighted by molar-refractivity contribution is -0.123. The van der Waals surface area contributed by atoms with Gasteiger partial charge >= 0.3 is 6.09 Å². The molecule has 1 heterocycles. The second-order valence-electron chi connectivity index (χ2n) is 9.22. The lowest BCUT2D eigenvalue weighted by atomic mass is 10.0. The molecule has 0 unspecified atom stereocenters. The Hall–Kier alpha value is -4.13. The summed E-state index contributed by atoms with van der Waals surface area (Å²) in [6.07, 6.45) is 2.89. The molecule has 0 saturated carbocycles. The predicted octanol–water partition coefficient (Wildman–Crippen LogP) is 4.47. The molecule has 0 radical (unpaired) electrons. The standard InChI is InChI=1S/C30H33N3O4/c34-28(31-21-25-15-10-16-26(19-25)29(35)33-17-8-3-9-18-33)27(20-23-11-4-1-5-12-23)32-30(36)37-22-24-13-6-2-7-14-24/h1-2,4-7,10-16,19,27H,3,8-9,17-18,20-22H2,(H,31,34)(H,32,36)/t27-/m0/s1. The lowest BCUT2D eigenvalue weighted by Crippen LogP contribution is -2.48. The number of alkyl carbamates (subject to hydrolysis) is 1. The second-order valence-corrected chi connectivity index (χ2v) is 9.22. The summed E-state index contributed by atoms with van der Waals surface area (Å²) in [6, 6.07) is 25.4. The maximum atomic E-state index is 13.1. The first-order valence-corrected chi connectivity index (χ1v) is 12.8. The van der Waals surface area contributed by atoms with Crippen LogP contribution in [0.5, 0.6) is 0 Å². The molecule has 3 aromatic rings. The molecule has 0 aromatic heterocycles. The number of rotatable bonds is 9. The topological polar surface area (TPSA) is 87.7 Å². The van der Waals surface area contributed by atoms with Crippen molar-refractivity contribution in [1.29, 1.82) is 0 Å². The van der Waals surface area contributed by atoms with Crippen LogP contribution in [0.4, 0.5) is 4.79 Å². The second kappa shape index (κ2) is 13.3. The minimum atomic E-state index is -0.816. The first-order chi connectivity index (χ1) is 18.1. The Balaban J connectivity index is 1.37. The molecule has 3 aromatic carbocycles. The molecule has 1 fully saturated rings. The van der Waals surface area contributed by atoms with Gasteiger partial charge in [0.2, 0.25) is 5.91 Å². The highest BCUT2D eigenvalue weighted by Crippen LogP contribution is 2.14. The monoisotopic (exact) mass is 499 g/mol. The van der Waals surface area contributed by atoms with Crippen molar-refractivity contribution in [2.24, 2.45) is 0 Å². The molecule has 37 heavy (non-hydrogen) atoms. The van der Waals surface area contributed by atoms with Gasteiger partial charge in [-0.05, 0) is 48.1 Å². The molecule has 0 aliphatic carbocycles. The Bertz CT molecular complexity index is 1180. The van der Waals surface area contributed by atoms with Crippen molar-refractivity contribution in [2.45, 2.75) is 44.9 Å². The Morgan fingerprint density at radius 3 is 2.14 bits per heavy atom. The highest BCUT2D eigenvalue weighted by molar-refractivity contribution is 5.94. The highest BCUT2D eigenvalue weighted by Gasteiger charge is 2.23. The van der Waals surface area contributed by atoms with Crippen molar-refractivity contribution in [3.63, 3.8) is 0 Å². The number of benzene rings is 3. The summed E-state index contributed by atoms with van der Waals surface area (Å²) in [5, 5.41) is 5.62. The van der Waals surface area contributed by atoms with Crippen molar-refractivity contribution in [3.8, 4) is 0 Å². The van der Waals surface area contributed by atoms with E-state index < -0.39 is 12.1 Å². The van der Waals surface area contributed by atoms with Crippen LogP contribution in [0.2, 0.25) is 0 Å². The molecule has 4 rings (SSSR count). The Kier molecular flexibility index (Phi) is 9.29. The SMILES string of the molecule is O=C(N[C@@H](Cc1ccccc1)C(=O)NCc1cccc(C(=O)N2CCCCC2)c1)OCc1ccccc1. The van der Waals surface area contributed by atoms with Gasteiger partial charge in [0.05, 0.1) is 0 Å². The van der Waals surface area contributed by atoms with E-state index in [1.54, 1.807) is 0 Å². The minimum absolute atomic E-state index is 0.0256. The first-order valence-electron chi connectivity index (χ1n) is 12.8. The van der Waals surface area contributed by atoms with Gasteiger partial charge in [-0.2, -0.15) is 0 Å². The zero-order chi connectivity index (χ0) is 25.9. The summed E-state index contributed by atoms with van der Waals surface area (Å²) in [5.74, 6) is -0.300. The molecular formula is C30H33N3O4. The molecule has 1 saturated heterocycles. The zero-order valence-electron chi connectivity index (χ0n) is 20.9. The van der Waals surface area contributed by atoms with E-state index in [1.165, 1.54) is 0 Å². The largest absolute Gasteiger partial charge is 0.445 e. The van der Waals surface area contributed by atoms with E-state index in [1.807, 2.05) is 89.8 Å². The molecule has 1 aliphatic rings. The number of likely N-dealkylation sites (tertiary alicyclic amines) is 1. The molecule has 0 spiro atoms. The van der Waals surface area contributed by atoms with E-state index >= 15 is 0 Å². The van der Waals surface area contributed by atoms with Gasteiger partial charge in [0, 0.05) is 31.6 Å². The molecular weight excluding hydrogens is 466 g/mol. The summed E-state index contributed by atoms with van der Waals surface area (Å²) in [5.41, 5.74) is 3.22. The quantitative estimate of drug-likeness (QED) is 0.455. The molecule has 1 aliphatic heterocycles. The van der Waals surface area contributed by atoms with Gasteiger partial charge in [-0.25, -0.2) is 4.79 Å². The van der Waals surface area contributed by atoms with Gasteiger partial charge in [0.25, 0.3) is 5.91 Å². The molecule has 2 N–H and O–H groups in total. The number of nitrogens with one attached hydrogen (secondary N) is 2. The van der Waals surface area contributed by atoms with Crippen LogP contribution in [0.15, 0.2) is 84.9 Å². The number of hydrogen-bond acceptors (Lipinski definition) is 4. The predicted molar refractivity (Wildman–Crippen MR) is 142 cm³/mol. The highest BCUT2D eigenvalue weighted by atomic mass is 16.5. The van der Waals surface area contributed by atoms with Gasteiger partial charge in [-0.3, -0.25) is 9.59 Å². The maximum absolute atomic E-state index is 13.1. The van der Waals surface area contributed by atoms with Crippen LogP contribution in [-0.2, 0) is 29.1 Å². The van der Waals surface area contributed by atoms with Crippen LogP contribution < -0.4 is 10.6 Å². The van der Waals surface area contributed by atoms with Crippen LogP contribution in [0, 0.1) is 0 Å². The average Bonchev–Trinajstić information content (AvgIpc) is 2.96. The zero-order valence-corrected chi connectivity index (χ0v) is 20.9. The summed E-state index contributed by atoms with van der Waals surface area (Å²) >= 11 is 0. The van der Waals surface area contributed by atoms with E-state index in [0.29, 0.717) is 12.0 Å². The maximum Gasteiger partial charge on any atom is 0.408 e. The molecule has 7 heteroatoms. The lowest BCUT2D eigenvalue weighted by Gasteiger charge is -2.26. The number of piperidine rings is 1. The van der Waals surface area contributed by atoms with E-state index in [0.717, 1.165) is 49.0 Å². The summed E-state index contributed by atoms with van der Waals surface area (Å²) in [4.78, 5) is 40.4. The van der Waals surface area contributed by atoms with E-state index in [2.05, 4.69) is 10.6 Å². The minimum Gasteiger partial charge on any atom is -0.445 e. The fourth-order valence-corrected chi connectivity index (χ4v) is 4.37. The van der Waals surface area contributed by atoms with Gasteiger partial charge < -0.3 is 20.3 Å². The third-order valence-electron chi connectivity index (χ3n) is 6.39. The van der Waals surface area contributed by atoms with Crippen molar-refractivity contribution in [2.75, 3.05) is 13.1 Å². The summed E-state index contributed by atoms with van der Waals surface area (Å²) < 4.78 is 5.34. The Labute approximate surface area is 217 Å². The van der Waals surface area contributed by atoms with E-state index in [-0.39, 0.29) is 25.0 Å². The molecule has 1 atom stereocenters. The molecule has 0 bridgehead atoms.